The van der Waals surface area contributed by atoms with Crippen LogP contribution in [-0.2, 0) is 14.3 Å². The van der Waals surface area contributed by atoms with Crippen molar-refractivity contribution in [3.05, 3.63) is 0 Å². The molecule has 0 N–H and O–H groups in total. The molecule has 0 aromatic heterocycles. The summed E-state index contributed by atoms with van der Waals surface area (Å²) in [6.45, 7) is 6.03. The minimum atomic E-state index is -0.234. The van der Waals surface area contributed by atoms with Gasteiger partial charge in [-0.1, -0.05) is 13.3 Å². The first kappa shape index (κ1) is 14.6. The third kappa shape index (κ3) is 5.90. The molecule has 90 valence electrons. The molecule has 0 amide bonds. The first-order valence-electron chi connectivity index (χ1n) is 5.57. The van der Waals surface area contributed by atoms with Gasteiger partial charge in [0.1, 0.15) is 6.10 Å². The second-order valence-electron chi connectivity index (χ2n) is 4.44. The summed E-state index contributed by atoms with van der Waals surface area (Å²) in [6, 6.07) is 0. The Labute approximate surface area is 93.1 Å². The minimum Gasteiger partial charge on any atom is -0.379 e. The van der Waals surface area contributed by atoms with Gasteiger partial charge in [0.15, 0.2) is 5.78 Å². The number of carbonyl (C=O) groups excluding carboxylic acids is 1. The summed E-state index contributed by atoms with van der Waals surface area (Å²) in [4.78, 5) is 11.7. The lowest BCUT2D eigenvalue weighted by molar-refractivity contribution is -0.130. The highest BCUT2D eigenvalue weighted by molar-refractivity contribution is 5.83. The lowest BCUT2D eigenvalue weighted by Crippen LogP contribution is -2.28. The van der Waals surface area contributed by atoms with Crippen LogP contribution in [0.2, 0.25) is 0 Å². The Bertz CT molecular complexity index is 187. The highest BCUT2D eigenvalue weighted by atomic mass is 16.5. The van der Waals surface area contributed by atoms with Gasteiger partial charge in [-0.25, -0.2) is 0 Å². The van der Waals surface area contributed by atoms with E-state index in [4.69, 9.17) is 9.47 Å². The monoisotopic (exact) mass is 216 g/mol. The van der Waals surface area contributed by atoms with Crippen molar-refractivity contribution in [1.82, 2.24) is 0 Å². The molecule has 3 nitrogen and oxygen atoms in total. The average Bonchev–Trinajstić information content (AvgIpc) is 2.22. The number of hydrogen-bond donors (Lipinski definition) is 0. The molecule has 1 atom stereocenters. The molecule has 0 saturated carbocycles. The smallest absolute Gasteiger partial charge is 0.161 e. The molecule has 1 unspecified atom stereocenters. The van der Waals surface area contributed by atoms with E-state index in [0.717, 1.165) is 19.3 Å². The highest BCUT2D eigenvalue weighted by Crippen LogP contribution is 2.17. The van der Waals surface area contributed by atoms with Gasteiger partial charge >= 0.3 is 0 Å². The fraction of sp³-hybridized carbons (Fsp3) is 0.917. The van der Waals surface area contributed by atoms with Crippen LogP contribution in [0.3, 0.4) is 0 Å². The maximum atomic E-state index is 11.7. The number of rotatable bonds is 8. The molecule has 0 aromatic rings. The molecule has 0 aliphatic heterocycles. The number of Topliss-reactive ketones (excluding diaryl/α,β-unsaturated/α-hetero) is 1. The van der Waals surface area contributed by atoms with Gasteiger partial charge in [-0.15, -0.1) is 0 Å². The molecule has 0 radical (unpaired) electrons. The first-order valence-corrected chi connectivity index (χ1v) is 5.57. The van der Waals surface area contributed by atoms with Gasteiger partial charge in [0.25, 0.3) is 0 Å². The van der Waals surface area contributed by atoms with E-state index in [9.17, 15) is 4.79 Å². The van der Waals surface area contributed by atoms with Crippen LogP contribution in [0.1, 0.15) is 46.5 Å². The third-order valence-corrected chi connectivity index (χ3v) is 2.72. The quantitative estimate of drug-likeness (QED) is 0.625. The van der Waals surface area contributed by atoms with Crippen molar-refractivity contribution in [2.75, 3.05) is 14.2 Å². The number of ketones is 1. The summed E-state index contributed by atoms with van der Waals surface area (Å²) in [5.74, 6) is 0.185. The SMILES string of the molecule is CCCC(OC)C(=O)CCC(C)(C)OC. The van der Waals surface area contributed by atoms with Crippen LogP contribution in [0.4, 0.5) is 0 Å². The predicted molar refractivity (Wildman–Crippen MR) is 61.0 cm³/mol. The summed E-state index contributed by atoms with van der Waals surface area (Å²) in [5, 5.41) is 0. The molecule has 0 fully saturated rings. The van der Waals surface area contributed by atoms with E-state index in [0.29, 0.717) is 6.42 Å². The average molecular weight is 216 g/mol. The fourth-order valence-corrected chi connectivity index (χ4v) is 1.36. The molecule has 15 heavy (non-hydrogen) atoms. The molecule has 0 aliphatic rings. The van der Waals surface area contributed by atoms with E-state index in [1.807, 2.05) is 13.8 Å². The maximum Gasteiger partial charge on any atom is 0.161 e. The van der Waals surface area contributed by atoms with Gasteiger partial charge in [0.05, 0.1) is 5.60 Å². The van der Waals surface area contributed by atoms with Gasteiger partial charge in [-0.2, -0.15) is 0 Å². The first-order chi connectivity index (χ1) is 6.96. The summed E-state index contributed by atoms with van der Waals surface area (Å²) in [7, 11) is 3.27. The van der Waals surface area contributed by atoms with Crippen LogP contribution >= 0.6 is 0 Å². The molecule has 3 heteroatoms. The van der Waals surface area contributed by atoms with Crippen LogP contribution in [0.15, 0.2) is 0 Å². The van der Waals surface area contributed by atoms with E-state index < -0.39 is 0 Å². The van der Waals surface area contributed by atoms with Gasteiger partial charge < -0.3 is 9.47 Å². The zero-order valence-corrected chi connectivity index (χ0v) is 10.6. The summed E-state index contributed by atoms with van der Waals surface area (Å²) < 4.78 is 10.4. The van der Waals surface area contributed by atoms with E-state index in [1.165, 1.54) is 0 Å². The normalized spacial score (nSPS) is 13.9. The zero-order chi connectivity index (χ0) is 11.9. The zero-order valence-electron chi connectivity index (χ0n) is 10.6. The van der Waals surface area contributed by atoms with E-state index in [1.54, 1.807) is 14.2 Å². The molecule has 0 spiro atoms. The molecule has 0 heterocycles. The van der Waals surface area contributed by atoms with Crippen molar-refractivity contribution in [3.63, 3.8) is 0 Å². The van der Waals surface area contributed by atoms with Crippen molar-refractivity contribution in [1.29, 1.82) is 0 Å². The Balaban J connectivity index is 4.01. The van der Waals surface area contributed by atoms with E-state index in [-0.39, 0.29) is 17.5 Å². The summed E-state index contributed by atoms with van der Waals surface area (Å²) >= 11 is 0. The van der Waals surface area contributed by atoms with Gasteiger partial charge in [-0.3, -0.25) is 4.79 Å². The summed E-state index contributed by atoms with van der Waals surface area (Å²) in [6.07, 6.45) is 2.81. The van der Waals surface area contributed by atoms with Gasteiger partial charge in [-0.05, 0) is 26.7 Å². The Hall–Kier alpha value is -0.410. The molecule has 0 bridgehead atoms. The number of ether oxygens (including phenoxy) is 2. The largest absolute Gasteiger partial charge is 0.379 e. The number of methoxy groups -OCH3 is 2. The van der Waals surface area contributed by atoms with Crippen molar-refractivity contribution >= 4 is 5.78 Å². The molecule has 0 aromatic carbocycles. The highest BCUT2D eigenvalue weighted by Gasteiger charge is 2.22. The minimum absolute atomic E-state index is 0.185. The van der Waals surface area contributed by atoms with Crippen LogP contribution in [-0.4, -0.2) is 31.7 Å². The molecule has 0 aliphatic carbocycles. The second kappa shape index (κ2) is 6.96. The van der Waals surface area contributed by atoms with Crippen LogP contribution in [0.25, 0.3) is 0 Å². The number of hydrogen-bond acceptors (Lipinski definition) is 3. The molecular formula is C12H24O3. The Morgan fingerprint density at radius 1 is 1.33 bits per heavy atom. The lowest BCUT2D eigenvalue weighted by atomic mass is 9.97. The van der Waals surface area contributed by atoms with Crippen molar-refractivity contribution in [2.24, 2.45) is 0 Å². The maximum absolute atomic E-state index is 11.7. The lowest BCUT2D eigenvalue weighted by Gasteiger charge is -2.23. The fourth-order valence-electron chi connectivity index (χ4n) is 1.36. The predicted octanol–water partition coefficient (Wildman–Crippen LogP) is 2.58. The van der Waals surface area contributed by atoms with E-state index in [2.05, 4.69) is 6.92 Å². The van der Waals surface area contributed by atoms with Crippen LogP contribution in [0, 0.1) is 0 Å². The second-order valence-corrected chi connectivity index (χ2v) is 4.44. The Morgan fingerprint density at radius 3 is 2.33 bits per heavy atom. The topological polar surface area (TPSA) is 35.5 Å². The van der Waals surface area contributed by atoms with Crippen molar-refractivity contribution in [2.45, 2.75) is 58.2 Å². The van der Waals surface area contributed by atoms with Crippen LogP contribution in [0.5, 0.6) is 0 Å². The van der Waals surface area contributed by atoms with E-state index >= 15 is 0 Å². The Kier molecular flexibility index (Phi) is 6.77. The number of carbonyl (C=O) groups is 1. The molecular weight excluding hydrogens is 192 g/mol. The molecule has 0 rings (SSSR count). The third-order valence-electron chi connectivity index (χ3n) is 2.72. The Morgan fingerprint density at radius 2 is 1.93 bits per heavy atom. The summed E-state index contributed by atoms with van der Waals surface area (Å²) in [5.41, 5.74) is -0.222. The van der Waals surface area contributed by atoms with Crippen molar-refractivity contribution < 1.29 is 14.3 Å². The van der Waals surface area contributed by atoms with Gasteiger partial charge in [0, 0.05) is 20.6 Å². The van der Waals surface area contributed by atoms with Crippen molar-refractivity contribution in [3.8, 4) is 0 Å². The molecule has 0 saturated heterocycles. The van der Waals surface area contributed by atoms with Gasteiger partial charge in [0.2, 0.25) is 0 Å². The van der Waals surface area contributed by atoms with Crippen LogP contribution < -0.4 is 0 Å². The standard InChI is InChI=1S/C12H24O3/c1-6-7-11(14-4)10(13)8-9-12(2,3)15-5/h11H,6-9H2,1-5H3.